The average Bonchev–Trinajstić information content (AvgIpc) is 2.62. The molecule has 2 atom stereocenters. The first kappa shape index (κ1) is 29.0. The fraction of sp³-hybridized carbons (Fsp3) is 0.579. The van der Waals surface area contributed by atoms with Crippen LogP contribution < -0.4 is 11.1 Å². The van der Waals surface area contributed by atoms with Gasteiger partial charge in [-0.1, -0.05) is 0 Å². The summed E-state index contributed by atoms with van der Waals surface area (Å²) in [7, 11) is -4.64. The number of piperazine rings is 1. The van der Waals surface area contributed by atoms with Gasteiger partial charge < -0.3 is 35.4 Å². The van der Waals surface area contributed by atoms with E-state index in [4.69, 9.17) is 29.7 Å². The zero-order valence-electron chi connectivity index (χ0n) is 18.4. The highest BCUT2D eigenvalue weighted by Gasteiger charge is 2.34. The van der Waals surface area contributed by atoms with E-state index in [1.165, 1.54) is 4.90 Å². The number of phosphoric acid groups is 1. The highest BCUT2D eigenvalue weighted by Crippen LogP contribution is 2.25. The maximum absolute atomic E-state index is 13.8. The summed E-state index contributed by atoms with van der Waals surface area (Å²) in [5.74, 6) is -4.08. The van der Waals surface area contributed by atoms with E-state index in [9.17, 15) is 22.8 Å². The molecule has 1 saturated heterocycles. The van der Waals surface area contributed by atoms with Crippen LogP contribution in [-0.4, -0.2) is 68.8 Å². The summed E-state index contributed by atoms with van der Waals surface area (Å²) >= 11 is 0. The zero-order chi connectivity index (χ0) is 25.6. The number of carbonyl (C=O) groups excluding carboxylic acids is 2. The van der Waals surface area contributed by atoms with Gasteiger partial charge in [-0.05, 0) is 38.8 Å². The zero-order valence-corrected chi connectivity index (χ0v) is 19.3. The first-order valence-electron chi connectivity index (χ1n) is 9.86. The first-order valence-corrected chi connectivity index (χ1v) is 11.4. The molecule has 14 heteroatoms. The quantitative estimate of drug-likeness (QED) is 0.280. The van der Waals surface area contributed by atoms with Gasteiger partial charge in [0, 0.05) is 31.6 Å². The summed E-state index contributed by atoms with van der Waals surface area (Å²) in [5, 5.41) is 2.69. The third-order valence-corrected chi connectivity index (χ3v) is 4.33. The van der Waals surface area contributed by atoms with Crippen LogP contribution in [0.5, 0.6) is 0 Å². The predicted molar refractivity (Wildman–Crippen MR) is 111 cm³/mol. The lowest BCUT2D eigenvalue weighted by Crippen LogP contribution is -2.60. The van der Waals surface area contributed by atoms with E-state index >= 15 is 0 Å². The Balaban J connectivity index is 0.000000981. The van der Waals surface area contributed by atoms with Crippen LogP contribution in [0.15, 0.2) is 12.1 Å². The lowest BCUT2D eigenvalue weighted by molar-refractivity contribution is -0.148. The Morgan fingerprint density at radius 2 is 1.79 bits per heavy atom. The van der Waals surface area contributed by atoms with E-state index in [1.807, 2.05) is 20.8 Å². The molecule has 1 heterocycles. The van der Waals surface area contributed by atoms with Crippen molar-refractivity contribution in [1.29, 1.82) is 0 Å². The van der Waals surface area contributed by atoms with Crippen LogP contribution in [0.1, 0.15) is 32.8 Å². The maximum atomic E-state index is 13.8. The second-order valence-electron chi connectivity index (χ2n) is 8.36. The molecule has 0 bridgehead atoms. The van der Waals surface area contributed by atoms with Crippen molar-refractivity contribution in [3.8, 4) is 0 Å². The molecule has 0 aromatic heterocycles. The van der Waals surface area contributed by atoms with Crippen LogP contribution in [0, 0.1) is 17.5 Å². The van der Waals surface area contributed by atoms with Crippen molar-refractivity contribution in [2.45, 2.75) is 51.3 Å². The molecule has 33 heavy (non-hydrogen) atoms. The topological polar surface area (TPSA) is 162 Å². The molecule has 0 radical (unpaired) electrons. The number of amides is 2. The van der Waals surface area contributed by atoms with Crippen LogP contribution in [0.25, 0.3) is 0 Å². The van der Waals surface area contributed by atoms with E-state index in [1.54, 1.807) is 0 Å². The Morgan fingerprint density at radius 1 is 1.24 bits per heavy atom. The van der Waals surface area contributed by atoms with Gasteiger partial charge in [0.15, 0.2) is 11.6 Å². The molecule has 1 aliphatic heterocycles. The highest BCUT2D eigenvalue weighted by atomic mass is 31.2. The summed E-state index contributed by atoms with van der Waals surface area (Å²) in [4.78, 5) is 47.8. The normalized spacial score (nSPS) is 17.7. The Hall–Kier alpha value is -2.02. The number of hydrogen-bond acceptors (Lipinski definition) is 5. The molecule has 6 N–H and O–H groups in total. The molecular formula is C19H29F3N3O7P. The number of nitrogens with two attached hydrogens (primary N) is 1. The summed E-state index contributed by atoms with van der Waals surface area (Å²) < 4.78 is 54.7. The van der Waals surface area contributed by atoms with Gasteiger partial charge in [-0.15, -0.1) is 0 Å². The summed E-state index contributed by atoms with van der Waals surface area (Å²) in [6.07, 6.45) is -0.310. The minimum atomic E-state index is -4.64. The van der Waals surface area contributed by atoms with Crippen molar-refractivity contribution in [2.24, 2.45) is 5.73 Å². The second kappa shape index (κ2) is 11.9. The molecule has 1 fully saturated rings. The van der Waals surface area contributed by atoms with Crippen molar-refractivity contribution < 1.29 is 46.7 Å². The number of halogens is 3. The second-order valence-corrected chi connectivity index (χ2v) is 9.38. The standard InChI is InChI=1S/C19H26F3N3O3.H3O4P/c1-19(2,3)28-10-16-18(27)24-4-5-25(16)17(26)8-12(23)6-11-7-14(21)15(22)9-13(11)20;1-5(2,3)4/h7,9,12,16H,4-6,8,10,23H2,1-3H3,(H,24,27);(H3,1,2,3,4). The van der Waals surface area contributed by atoms with E-state index in [-0.39, 0.29) is 36.8 Å². The minimum absolute atomic E-state index is 0.0358. The Kier molecular flexibility index (Phi) is 10.5. The van der Waals surface area contributed by atoms with Crippen molar-refractivity contribution in [1.82, 2.24) is 10.2 Å². The van der Waals surface area contributed by atoms with E-state index < -0.39 is 43.0 Å². The fourth-order valence-electron chi connectivity index (χ4n) is 2.92. The number of hydrogen-bond donors (Lipinski definition) is 5. The molecule has 1 aromatic carbocycles. The number of benzene rings is 1. The van der Waals surface area contributed by atoms with Crippen LogP contribution >= 0.6 is 7.82 Å². The van der Waals surface area contributed by atoms with E-state index in [0.717, 1.165) is 6.07 Å². The first-order chi connectivity index (χ1) is 15.0. The summed E-state index contributed by atoms with van der Waals surface area (Å²) in [6.45, 7) is 6.16. The van der Waals surface area contributed by atoms with Crippen LogP contribution in [0.2, 0.25) is 0 Å². The molecule has 1 aliphatic rings. The van der Waals surface area contributed by atoms with Crippen LogP contribution in [0.3, 0.4) is 0 Å². The highest BCUT2D eigenvalue weighted by molar-refractivity contribution is 7.45. The van der Waals surface area contributed by atoms with Gasteiger partial charge in [0.2, 0.25) is 11.8 Å². The molecule has 2 unspecified atom stereocenters. The molecule has 188 valence electrons. The Labute approximate surface area is 189 Å². The number of nitrogens with zero attached hydrogens (tertiary/aromatic N) is 1. The third-order valence-electron chi connectivity index (χ3n) is 4.33. The molecule has 0 saturated carbocycles. The van der Waals surface area contributed by atoms with Gasteiger partial charge in [0.05, 0.1) is 12.2 Å². The number of nitrogens with one attached hydrogen (secondary N) is 1. The number of ether oxygens (including phenoxy) is 1. The van der Waals surface area contributed by atoms with Crippen LogP contribution in [-0.2, 0) is 25.3 Å². The third kappa shape index (κ3) is 11.1. The maximum Gasteiger partial charge on any atom is 0.466 e. The van der Waals surface area contributed by atoms with Crippen molar-refractivity contribution in [3.05, 3.63) is 35.1 Å². The molecule has 1 aromatic rings. The number of rotatable bonds is 6. The van der Waals surface area contributed by atoms with Crippen molar-refractivity contribution in [3.63, 3.8) is 0 Å². The lowest BCUT2D eigenvalue weighted by atomic mass is 10.0. The largest absolute Gasteiger partial charge is 0.466 e. The van der Waals surface area contributed by atoms with Gasteiger partial charge in [-0.3, -0.25) is 9.59 Å². The van der Waals surface area contributed by atoms with Gasteiger partial charge in [-0.2, -0.15) is 0 Å². The monoisotopic (exact) mass is 499 g/mol. The fourth-order valence-corrected chi connectivity index (χ4v) is 2.92. The lowest BCUT2D eigenvalue weighted by Gasteiger charge is -2.36. The average molecular weight is 499 g/mol. The van der Waals surface area contributed by atoms with Gasteiger partial charge in [0.25, 0.3) is 0 Å². The molecule has 2 amide bonds. The molecule has 0 spiro atoms. The molecule has 0 aliphatic carbocycles. The molecule has 10 nitrogen and oxygen atoms in total. The Bertz CT molecular complexity index is 884. The van der Waals surface area contributed by atoms with Gasteiger partial charge >= 0.3 is 7.82 Å². The van der Waals surface area contributed by atoms with Gasteiger partial charge in [-0.25, -0.2) is 17.7 Å². The summed E-state index contributed by atoms with van der Waals surface area (Å²) in [6, 6.07) is -0.411. The Morgan fingerprint density at radius 3 is 2.33 bits per heavy atom. The van der Waals surface area contributed by atoms with Crippen LogP contribution in [0.4, 0.5) is 13.2 Å². The number of carbonyl (C=O) groups is 2. The molecule has 2 rings (SSSR count). The predicted octanol–water partition coefficient (Wildman–Crippen LogP) is 0.577. The smallest absolute Gasteiger partial charge is 0.373 e. The minimum Gasteiger partial charge on any atom is -0.373 e. The van der Waals surface area contributed by atoms with Gasteiger partial charge in [0.1, 0.15) is 11.9 Å². The van der Waals surface area contributed by atoms with Crippen molar-refractivity contribution in [2.75, 3.05) is 19.7 Å². The SMILES string of the molecule is CC(C)(C)OCC1C(=O)NCCN1C(=O)CC(N)Cc1cc(F)c(F)cc1F.O=P(O)(O)O. The van der Waals surface area contributed by atoms with E-state index in [0.29, 0.717) is 19.2 Å². The summed E-state index contributed by atoms with van der Waals surface area (Å²) in [5.41, 5.74) is 5.34. The van der Waals surface area contributed by atoms with Crippen molar-refractivity contribution >= 4 is 19.6 Å². The molecular weight excluding hydrogens is 470 g/mol. The van der Waals surface area contributed by atoms with E-state index in [2.05, 4.69) is 5.32 Å².